The fourth-order valence-corrected chi connectivity index (χ4v) is 3.28. The Morgan fingerprint density at radius 3 is 2.95 bits per heavy atom. The highest BCUT2D eigenvalue weighted by Crippen LogP contribution is 2.30. The van der Waals surface area contributed by atoms with Crippen molar-refractivity contribution in [2.75, 3.05) is 6.54 Å². The Bertz CT molecular complexity index is 491. The number of hydrogen-bond donors (Lipinski definition) is 1. The first-order valence-corrected chi connectivity index (χ1v) is 8.22. The highest BCUT2D eigenvalue weighted by atomic mass is 32.1. The van der Waals surface area contributed by atoms with Crippen LogP contribution in [-0.4, -0.2) is 23.5 Å². The summed E-state index contributed by atoms with van der Waals surface area (Å²) in [6, 6.07) is 9.68. The normalized spacial score (nSPS) is 16.7. The zero-order valence-electron chi connectivity index (χ0n) is 11.9. The van der Waals surface area contributed by atoms with Crippen LogP contribution in [-0.2, 0) is 13.1 Å². The summed E-state index contributed by atoms with van der Waals surface area (Å²) in [5.74, 6) is 1.01. The summed E-state index contributed by atoms with van der Waals surface area (Å²) in [6.07, 6.45) is 4.44. The molecule has 2 aromatic heterocycles. The zero-order chi connectivity index (χ0) is 13.8. The Kier molecular flexibility index (Phi) is 4.55. The third-order valence-corrected chi connectivity index (χ3v) is 4.68. The average molecular weight is 290 g/mol. The molecule has 3 nitrogen and oxygen atoms in total. The molecule has 1 saturated carbocycles. The van der Waals surface area contributed by atoms with E-state index in [0.29, 0.717) is 6.04 Å². The van der Waals surface area contributed by atoms with Gasteiger partial charge in [-0.25, -0.2) is 0 Å². The number of nitrogens with one attached hydrogen (secondary N) is 1. The van der Waals surface area contributed by atoms with E-state index in [1.54, 1.807) is 6.26 Å². The van der Waals surface area contributed by atoms with Crippen LogP contribution in [0.1, 0.15) is 30.4 Å². The van der Waals surface area contributed by atoms with E-state index < -0.39 is 0 Å². The van der Waals surface area contributed by atoms with Crippen LogP contribution in [0, 0.1) is 0 Å². The molecular formula is C16H22N2OS. The molecule has 3 rings (SSSR count). The average Bonchev–Trinajstić information content (AvgIpc) is 2.93. The van der Waals surface area contributed by atoms with Gasteiger partial charge in [-0.15, -0.1) is 11.3 Å². The second kappa shape index (κ2) is 6.57. The van der Waals surface area contributed by atoms with Gasteiger partial charge in [-0.1, -0.05) is 6.07 Å². The van der Waals surface area contributed by atoms with Crippen molar-refractivity contribution >= 4 is 11.3 Å². The van der Waals surface area contributed by atoms with E-state index in [-0.39, 0.29) is 0 Å². The summed E-state index contributed by atoms with van der Waals surface area (Å²) in [5.41, 5.74) is 0. The zero-order valence-corrected chi connectivity index (χ0v) is 12.7. The van der Waals surface area contributed by atoms with Crippen molar-refractivity contribution in [2.45, 2.75) is 44.9 Å². The van der Waals surface area contributed by atoms with E-state index in [4.69, 9.17) is 4.42 Å². The standard InChI is InChI=1S/C16H22N2OS/c1-13(10-17-11-15-4-2-8-19-15)18(14-6-7-14)12-16-5-3-9-20-16/h2-5,8-9,13-14,17H,6-7,10-12H2,1H3. The number of nitrogens with zero attached hydrogens (tertiary/aromatic N) is 1. The first kappa shape index (κ1) is 13.9. The minimum atomic E-state index is 0.555. The molecule has 1 atom stereocenters. The maximum Gasteiger partial charge on any atom is 0.117 e. The molecule has 1 unspecified atom stereocenters. The van der Waals surface area contributed by atoms with E-state index in [9.17, 15) is 0 Å². The fourth-order valence-electron chi connectivity index (χ4n) is 2.57. The van der Waals surface area contributed by atoms with Crippen molar-refractivity contribution < 1.29 is 4.42 Å². The summed E-state index contributed by atoms with van der Waals surface area (Å²) in [6.45, 7) is 5.23. The lowest BCUT2D eigenvalue weighted by atomic mass is 10.2. The van der Waals surface area contributed by atoms with Crippen LogP contribution < -0.4 is 5.32 Å². The van der Waals surface area contributed by atoms with Crippen molar-refractivity contribution in [3.63, 3.8) is 0 Å². The molecule has 0 amide bonds. The monoisotopic (exact) mass is 290 g/mol. The molecule has 0 saturated heterocycles. The largest absolute Gasteiger partial charge is 0.468 e. The molecule has 2 heterocycles. The van der Waals surface area contributed by atoms with Gasteiger partial charge in [-0.05, 0) is 43.3 Å². The predicted molar refractivity (Wildman–Crippen MR) is 82.8 cm³/mol. The Balaban J connectivity index is 1.49. The van der Waals surface area contributed by atoms with Crippen molar-refractivity contribution in [3.8, 4) is 0 Å². The first-order valence-electron chi connectivity index (χ1n) is 7.34. The van der Waals surface area contributed by atoms with Gasteiger partial charge >= 0.3 is 0 Å². The minimum Gasteiger partial charge on any atom is -0.468 e. The van der Waals surface area contributed by atoms with Crippen molar-refractivity contribution in [3.05, 3.63) is 46.5 Å². The van der Waals surface area contributed by atoms with Crippen LogP contribution in [0.25, 0.3) is 0 Å². The first-order chi connectivity index (χ1) is 9.83. The van der Waals surface area contributed by atoms with Crippen LogP contribution in [0.5, 0.6) is 0 Å². The Hall–Kier alpha value is -1.10. The van der Waals surface area contributed by atoms with E-state index in [1.807, 2.05) is 23.5 Å². The van der Waals surface area contributed by atoms with Gasteiger partial charge in [0.25, 0.3) is 0 Å². The molecule has 0 radical (unpaired) electrons. The lowest BCUT2D eigenvalue weighted by Gasteiger charge is -2.29. The molecule has 108 valence electrons. The maximum atomic E-state index is 5.35. The van der Waals surface area contributed by atoms with Crippen LogP contribution in [0.2, 0.25) is 0 Å². The molecule has 0 aromatic carbocycles. The number of furan rings is 1. The molecule has 1 fully saturated rings. The van der Waals surface area contributed by atoms with Crippen LogP contribution in [0.15, 0.2) is 40.3 Å². The number of hydrogen-bond acceptors (Lipinski definition) is 4. The smallest absolute Gasteiger partial charge is 0.117 e. The second-order valence-electron chi connectivity index (χ2n) is 5.54. The van der Waals surface area contributed by atoms with Crippen molar-refractivity contribution in [2.24, 2.45) is 0 Å². The van der Waals surface area contributed by atoms with Gasteiger partial charge in [-0.2, -0.15) is 0 Å². The summed E-state index contributed by atoms with van der Waals surface area (Å²) < 4.78 is 5.35. The second-order valence-corrected chi connectivity index (χ2v) is 6.57. The molecule has 1 N–H and O–H groups in total. The summed E-state index contributed by atoms with van der Waals surface area (Å²) >= 11 is 1.86. The molecule has 1 aliphatic carbocycles. The minimum absolute atomic E-state index is 0.555. The van der Waals surface area contributed by atoms with Gasteiger partial charge in [0.2, 0.25) is 0 Å². The SMILES string of the molecule is CC(CNCc1ccco1)N(Cc1cccs1)C1CC1. The van der Waals surface area contributed by atoms with Crippen molar-refractivity contribution in [1.29, 1.82) is 0 Å². The summed E-state index contributed by atoms with van der Waals surface area (Å²) in [4.78, 5) is 4.11. The Labute approximate surface area is 124 Å². The van der Waals surface area contributed by atoms with E-state index in [2.05, 4.69) is 34.7 Å². The van der Waals surface area contributed by atoms with Gasteiger partial charge < -0.3 is 9.73 Å². The van der Waals surface area contributed by atoms with Crippen molar-refractivity contribution in [1.82, 2.24) is 10.2 Å². The van der Waals surface area contributed by atoms with E-state index >= 15 is 0 Å². The van der Waals surface area contributed by atoms with E-state index in [1.165, 1.54) is 17.7 Å². The van der Waals surface area contributed by atoms with Crippen LogP contribution in [0.4, 0.5) is 0 Å². The molecular weight excluding hydrogens is 268 g/mol. The Morgan fingerprint density at radius 2 is 2.30 bits per heavy atom. The number of rotatable bonds is 8. The molecule has 0 bridgehead atoms. The Morgan fingerprint density at radius 1 is 1.40 bits per heavy atom. The lowest BCUT2D eigenvalue weighted by molar-refractivity contribution is 0.186. The van der Waals surface area contributed by atoms with E-state index in [0.717, 1.165) is 31.4 Å². The summed E-state index contributed by atoms with van der Waals surface area (Å²) in [7, 11) is 0. The molecule has 1 aliphatic rings. The number of thiophene rings is 1. The highest BCUT2D eigenvalue weighted by Gasteiger charge is 2.32. The third kappa shape index (κ3) is 3.72. The van der Waals surface area contributed by atoms with Gasteiger partial charge in [-0.3, -0.25) is 4.90 Å². The molecule has 20 heavy (non-hydrogen) atoms. The maximum absolute atomic E-state index is 5.35. The summed E-state index contributed by atoms with van der Waals surface area (Å²) in [5, 5.41) is 5.67. The molecule has 4 heteroatoms. The van der Waals surface area contributed by atoms with Crippen LogP contribution in [0.3, 0.4) is 0 Å². The third-order valence-electron chi connectivity index (χ3n) is 3.82. The van der Waals surface area contributed by atoms with Crippen LogP contribution >= 0.6 is 11.3 Å². The predicted octanol–water partition coefficient (Wildman–Crippen LogP) is 3.48. The van der Waals surface area contributed by atoms with Gasteiger partial charge in [0, 0.05) is 30.1 Å². The molecule has 2 aromatic rings. The lowest BCUT2D eigenvalue weighted by Crippen LogP contribution is -2.41. The van der Waals surface area contributed by atoms with Gasteiger partial charge in [0.1, 0.15) is 5.76 Å². The topological polar surface area (TPSA) is 28.4 Å². The fraction of sp³-hybridized carbons (Fsp3) is 0.500. The molecule has 0 spiro atoms. The van der Waals surface area contributed by atoms with Gasteiger partial charge in [0.05, 0.1) is 12.8 Å². The molecule has 0 aliphatic heterocycles. The highest BCUT2D eigenvalue weighted by molar-refractivity contribution is 7.09. The quantitative estimate of drug-likeness (QED) is 0.807. The van der Waals surface area contributed by atoms with Gasteiger partial charge in [0.15, 0.2) is 0 Å².